The molecule has 106 valence electrons. The highest BCUT2D eigenvalue weighted by Crippen LogP contribution is 2.25. The van der Waals surface area contributed by atoms with Gasteiger partial charge in [0.15, 0.2) is 10.9 Å². The molecule has 1 heterocycles. The Balaban J connectivity index is 1.84. The van der Waals surface area contributed by atoms with Gasteiger partial charge in [0, 0.05) is 0 Å². The molecule has 0 radical (unpaired) electrons. The second-order valence-electron chi connectivity index (χ2n) is 3.57. The molecule has 0 saturated heterocycles. The number of aromatic nitrogens is 2. The number of carbonyl (C=O) groups is 1. The van der Waals surface area contributed by atoms with E-state index in [-0.39, 0.29) is 12.5 Å². The largest absolute Gasteiger partial charge is 0.482 e. The summed E-state index contributed by atoms with van der Waals surface area (Å²) in [5.41, 5.74) is 0. The van der Waals surface area contributed by atoms with Crippen LogP contribution in [0.5, 0.6) is 5.75 Å². The topological polar surface area (TPSA) is 64.1 Å². The summed E-state index contributed by atoms with van der Waals surface area (Å²) in [5.74, 6) is 1.09. The molecule has 1 amide bonds. The number of amides is 1. The van der Waals surface area contributed by atoms with Crippen molar-refractivity contribution in [2.24, 2.45) is 0 Å². The van der Waals surface area contributed by atoms with Crippen molar-refractivity contribution in [2.75, 3.05) is 17.7 Å². The molecule has 0 aliphatic carbocycles. The minimum Gasteiger partial charge on any atom is -0.482 e. The van der Waals surface area contributed by atoms with E-state index >= 15 is 0 Å². The zero-order valence-corrected chi connectivity index (χ0v) is 13.0. The minimum atomic E-state index is -0.297. The van der Waals surface area contributed by atoms with Crippen LogP contribution in [0.2, 0.25) is 5.02 Å². The first-order chi connectivity index (χ1) is 9.69. The maximum atomic E-state index is 11.7. The molecule has 0 fully saturated rings. The lowest BCUT2D eigenvalue weighted by Gasteiger charge is -2.06. The molecule has 2 rings (SSSR count). The van der Waals surface area contributed by atoms with Crippen LogP contribution in [0, 0.1) is 0 Å². The second kappa shape index (κ2) is 7.47. The van der Waals surface area contributed by atoms with Gasteiger partial charge in [-0.15, -0.1) is 10.2 Å². The van der Waals surface area contributed by atoms with Gasteiger partial charge >= 0.3 is 0 Å². The van der Waals surface area contributed by atoms with E-state index in [2.05, 4.69) is 15.5 Å². The molecule has 2 aromatic rings. The van der Waals surface area contributed by atoms with Gasteiger partial charge in [0.25, 0.3) is 5.91 Å². The average molecular weight is 330 g/mol. The number of halogens is 1. The number of nitrogens with one attached hydrogen (secondary N) is 1. The van der Waals surface area contributed by atoms with E-state index in [4.69, 9.17) is 16.3 Å². The van der Waals surface area contributed by atoms with E-state index in [0.717, 1.165) is 10.1 Å². The van der Waals surface area contributed by atoms with Crippen LogP contribution in [-0.2, 0) is 4.79 Å². The first-order valence-corrected chi connectivity index (χ1v) is 8.00. The van der Waals surface area contributed by atoms with E-state index in [0.29, 0.717) is 15.9 Å². The molecule has 5 nitrogen and oxygen atoms in total. The lowest BCUT2D eigenvalue weighted by Crippen LogP contribution is -2.20. The van der Waals surface area contributed by atoms with E-state index in [1.165, 1.54) is 11.3 Å². The lowest BCUT2D eigenvalue weighted by atomic mass is 10.3. The molecule has 0 aliphatic heterocycles. The van der Waals surface area contributed by atoms with Crippen molar-refractivity contribution in [1.82, 2.24) is 10.2 Å². The number of ether oxygens (including phenoxy) is 1. The molecular weight excluding hydrogens is 318 g/mol. The molecule has 20 heavy (non-hydrogen) atoms. The fourth-order valence-electron chi connectivity index (χ4n) is 1.30. The van der Waals surface area contributed by atoms with Crippen molar-refractivity contribution in [3.05, 3.63) is 29.3 Å². The van der Waals surface area contributed by atoms with Gasteiger partial charge in [0.1, 0.15) is 5.75 Å². The SMILES string of the molecule is CCSc1nnc(NC(=O)COc2ccccc2Cl)s1. The maximum Gasteiger partial charge on any atom is 0.264 e. The summed E-state index contributed by atoms with van der Waals surface area (Å²) < 4.78 is 6.16. The van der Waals surface area contributed by atoms with Crippen molar-refractivity contribution in [3.8, 4) is 5.75 Å². The Morgan fingerprint density at radius 2 is 2.25 bits per heavy atom. The van der Waals surface area contributed by atoms with Crippen molar-refractivity contribution in [1.29, 1.82) is 0 Å². The highest BCUT2D eigenvalue weighted by atomic mass is 35.5. The predicted molar refractivity (Wildman–Crippen MR) is 81.9 cm³/mol. The van der Waals surface area contributed by atoms with Gasteiger partial charge in [0.05, 0.1) is 5.02 Å². The number of nitrogens with zero attached hydrogens (tertiary/aromatic N) is 2. The quantitative estimate of drug-likeness (QED) is 0.650. The first-order valence-electron chi connectivity index (χ1n) is 5.82. The number of rotatable bonds is 6. The smallest absolute Gasteiger partial charge is 0.264 e. The van der Waals surface area contributed by atoms with E-state index in [1.807, 2.05) is 6.92 Å². The molecule has 0 atom stereocenters. The molecule has 0 bridgehead atoms. The van der Waals surface area contributed by atoms with Crippen LogP contribution in [0.4, 0.5) is 5.13 Å². The van der Waals surface area contributed by atoms with Crippen molar-refractivity contribution < 1.29 is 9.53 Å². The average Bonchev–Trinajstić information content (AvgIpc) is 2.85. The number of anilines is 1. The third kappa shape index (κ3) is 4.36. The third-order valence-electron chi connectivity index (χ3n) is 2.12. The summed E-state index contributed by atoms with van der Waals surface area (Å²) in [6.07, 6.45) is 0. The number of hydrogen-bond donors (Lipinski definition) is 1. The van der Waals surface area contributed by atoms with E-state index in [1.54, 1.807) is 36.0 Å². The van der Waals surface area contributed by atoms with Crippen LogP contribution in [0.1, 0.15) is 6.92 Å². The second-order valence-corrected chi connectivity index (χ2v) is 6.47. The Hall–Kier alpha value is -1.31. The lowest BCUT2D eigenvalue weighted by molar-refractivity contribution is -0.118. The standard InChI is InChI=1S/C12H12ClN3O2S2/c1-2-19-12-16-15-11(20-12)14-10(17)7-18-9-6-4-3-5-8(9)13/h3-6H,2,7H2,1H3,(H,14,15,17). The molecule has 1 N–H and O–H groups in total. The Morgan fingerprint density at radius 1 is 1.45 bits per heavy atom. The Morgan fingerprint density at radius 3 is 3.00 bits per heavy atom. The first kappa shape index (κ1) is 15.1. The van der Waals surface area contributed by atoms with Gasteiger partial charge in [-0.2, -0.15) is 0 Å². The summed E-state index contributed by atoms with van der Waals surface area (Å²) in [6, 6.07) is 6.99. The number of para-hydroxylation sites is 1. The zero-order valence-electron chi connectivity index (χ0n) is 10.6. The van der Waals surface area contributed by atoms with Crippen molar-refractivity contribution >= 4 is 45.7 Å². The molecule has 0 spiro atoms. The monoisotopic (exact) mass is 329 g/mol. The van der Waals surface area contributed by atoms with Crippen LogP contribution in [0.25, 0.3) is 0 Å². The van der Waals surface area contributed by atoms with Crippen molar-refractivity contribution in [3.63, 3.8) is 0 Å². The summed E-state index contributed by atoms with van der Waals surface area (Å²) in [6.45, 7) is 1.90. The summed E-state index contributed by atoms with van der Waals surface area (Å²) >= 11 is 8.84. The summed E-state index contributed by atoms with van der Waals surface area (Å²) in [5, 5.41) is 11.4. The van der Waals surface area contributed by atoms with E-state index in [9.17, 15) is 4.79 Å². The van der Waals surface area contributed by atoms with Crippen molar-refractivity contribution in [2.45, 2.75) is 11.3 Å². The molecule has 1 aromatic carbocycles. The zero-order chi connectivity index (χ0) is 14.4. The summed E-state index contributed by atoms with van der Waals surface area (Å²) in [7, 11) is 0. The third-order valence-corrected chi connectivity index (χ3v) is 4.28. The predicted octanol–water partition coefficient (Wildman–Crippen LogP) is 3.32. The van der Waals surface area contributed by atoms with Gasteiger partial charge in [-0.05, 0) is 17.9 Å². The number of carbonyl (C=O) groups excluding carboxylic acids is 1. The molecular formula is C12H12ClN3O2S2. The minimum absolute atomic E-state index is 0.125. The molecule has 0 saturated carbocycles. The number of thioether (sulfide) groups is 1. The Kier molecular flexibility index (Phi) is 5.63. The Labute approximate surface area is 129 Å². The van der Waals surface area contributed by atoms with Gasteiger partial charge in [-0.25, -0.2) is 0 Å². The molecule has 8 heteroatoms. The Bertz CT molecular complexity index is 592. The van der Waals surface area contributed by atoms with Crippen LogP contribution in [0.15, 0.2) is 28.6 Å². The normalized spacial score (nSPS) is 10.3. The number of benzene rings is 1. The fraction of sp³-hybridized carbons (Fsp3) is 0.250. The molecule has 1 aromatic heterocycles. The van der Waals surface area contributed by atoms with Crippen LogP contribution in [0.3, 0.4) is 0 Å². The molecule has 0 unspecified atom stereocenters. The van der Waals surface area contributed by atoms with Crippen LogP contribution >= 0.6 is 34.7 Å². The van der Waals surface area contributed by atoms with Crippen LogP contribution in [-0.4, -0.2) is 28.5 Å². The van der Waals surface area contributed by atoms with Gasteiger partial charge in [0.2, 0.25) is 5.13 Å². The highest BCUT2D eigenvalue weighted by molar-refractivity contribution is 8.01. The van der Waals surface area contributed by atoms with Gasteiger partial charge < -0.3 is 4.74 Å². The summed E-state index contributed by atoms with van der Waals surface area (Å²) in [4.78, 5) is 11.7. The van der Waals surface area contributed by atoms with Gasteiger partial charge in [-0.3, -0.25) is 10.1 Å². The van der Waals surface area contributed by atoms with E-state index < -0.39 is 0 Å². The van der Waals surface area contributed by atoms with Crippen LogP contribution < -0.4 is 10.1 Å². The molecule has 0 aliphatic rings. The fourth-order valence-corrected chi connectivity index (χ4v) is 3.16. The maximum absolute atomic E-state index is 11.7. The number of hydrogen-bond acceptors (Lipinski definition) is 6. The van der Waals surface area contributed by atoms with Gasteiger partial charge in [-0.1, -0.05) is 53.8 Å². The highest BCUT2D eigenvalue weighted by Gasteiger charge is 2.09.